The van der Waals surface area contributed by atoms with Gasteiger partial charge in [-0.1, -0.05) is 48.6 Å². The highest BCUT2D eigenvalue weighted by Crippen LogP contribution is 2.34. The number of allylic oxidation sites excluding steroid dienone is 1. The van der Waals surface area contributed by atoms with Crippen LogP contribution in [-0.2, 0) is 12.8 Å². The lowest BCUT2D eigenvalue weighted by molar-refractivity contribution is 0.838. The predicted octanol–water partition coefficient (Wildman–Crippen LogP) is 3.76. The zero-order valence-electron chi connectivity index (χ0n) is 12.8. The fourth-order valence-electron chi connectivity index (χ4n) is 3.21. The molecule has 1 aliphatic rings. The van der Waals surface area contributed by atoms with Crippen LogP contribution in [-0.4, -0.2) is 15.2 Å². The van der Waals surface area contributed by atoms with E-state index in [9.17, 15) is 0 Å². The van der Waals surface area contributed by atoms with E-state index in [1.807, 2.05) is 18.2 Å². The Morgan fingerprint density at radius 1 is 1.09 bits per heavy atom. The van der Waals surface area contributed by atoms with Crippen LogP contribution in [0.1, 0.15) is 28.8 Å². The second kappa shape index (κ2) is 5.39. The van der Waals surface area contributed by atoms with Crippen LogP contribution in [0.4, 0.5) is 5.82 Å². The van der Waals surface area contributed by atoms with Crippen molar-refractivity contribution in [3.05, 3.63) is 64.9 Å². The molecule has 0 radical (unpaired) electrons. The summed E-state index contributed by atoms with van der Waals surface area (Å²) in [6.45, 7) is 4.15. The molecule has 23 heavy (non-hydrogen) atoms. The summed E-state index contributed by atoms with van der Waals surface area (Å²) >= 11 is 0. The Morgan fingerprint density at radius 3 is 2.74 bits per heavy atom. The number of nitrogens with zero attached hydrogens (tertiary/aromatic N) is 2. The molecule has 1 aliphatic carbocycles. The molecule has 0 saturated heterocycles. The van der Waals surface area contributed by atoms with Gasteiger partial charge in [0.05, 0.1) is 11.1 Å². The third-order valence-corrected chi connectivity index (χ3v) is 4.37. The molecule has 0 bridgehead atoms. The van der Waals surface area contributed by atoms with Crippen molar-refractivity contribution in [1.29, 1.82) is 0 Å². The Hall–Kier alpha value is -2.88. The van der Waals surface area contributed by atoms with Crippen LogP contribution in [0.3, 0.4) is 0 Å². The lowest BCUT2D eigenvalue weighted by atomic mass is 9.86. The van der Waals surface area contributed by atoms with Crippen molar-refractivity contribution in [3.63, 3.8) is 0 Å². The van der Waals surface area contributed by atoms with Gasteiger partial charge < -0.3 is 5.73 Å². The number of nitrogens with two attached hydrogens (primary N) is 1. The average Bonchev–Trinajstić information content (AvgIpc) is 2.94. The van der Waals surface area contributed by atoms with Crippen molar-refractivity contribution >= 4 is 29.0 Å². The molecule has 0 amide bonds. The molecule has 4 heteroatoms. The SMILES string of the molecule is C=C1CCc2c(/C=C/c3ccccc3)nc3[nH]nc(N)c3c2C1. The van der Waals surface area contributed by atoms with Crippen LogP contribution in [0.2, 0.25) is 0 Å². The van der Waals surface area contributed by atoms with E-state index >= 15 is 0 Å². The van der Waals surface area contributed by atoms with E-state index < -0.39 is 0 Å². The quantitative estimate of drug-likeness (QED) is 0.708. The smallest absolute Gasteiger partial charge is 0.158 e. The van der Waals surface area contributed by atoms with Gasteiger partial charge in [0.2, 0.25) is 0 Å². The highest BCUT2D eigenvalue weighted by Gasteiger charge is 2.21. The van der Waals surface area contributed by atoms with Crippen molar-refractivity contribution in [3.8, 4) is 0 Å². The molecule has 2 heterocycles. The van der Waals surface area contributed by atoms with Crippen molar-refractivity contribution < 1.29 is 0 Å². The van der Waals surface area contributed by atoms with Gasteiger partial charge in [-0.2, -0.15) is 5.10 Å². The van der Waals surface area contributed by atoms with Gasteiger partial charge in [-0.15, -0.1) is 0 Å². The van der Waals surface area contributed by atoms with Gasteiger partial charge in [0.25, 0.3) is 0 Å². The normalized spacial score (nSPS) is 14.5. The van der Waals surface area contributed by atoms with Crippen LogP contribution in [0.5, 0.6) is 0 Å². The highest BCUT2D eigenvalue weighted by molar-refractivity contribution is 5.92. The summed E-state index contributed by atoms with van der Waals surface area (Å²) in [6, 6.07) is 10.2. The predicted molar refractivity (Wildman–Crippen MR) is 94.8 cm³/mol. The fourth-order valence-corrected chi connectivity index (χ4v) is 3.21. The molecule has 3 aromatic rings. The van der Waals surface area contributed by atoms with Gasteiger partial charge in [-0.05, 0) is 42.0 Å². The maximum atomic E-state index is 6.03. The molecular weight excluding hydrogens is 284 g/mol. The molecule has 1 aromatic carbocycles. The van der Waals surface area contributed by atoms with Crippen molar-refractivity contribution in [1.82, 2.24) is 15.2 Å². The number of nitrogen functional groups attached to an aromatic ring is 1. The molecular formula is C19H18N4. The first-order valence-electron chi connectivity index (χ1n) is 7.77. The van der Waals surface area contributed by atoms with Gasteiger partial charge >= 0.3 is 0 Å². The minimum Gasteiger partial charge on any atom is -0.382 e. The number of hydrogen-bond acceptors (Lipinski definition) is 3. The Morgan fingerprint density at radius 2 is 1.91 bits per heavy atom. The Kier molecular flexibility index (Phi) is 3.23. The number of benzene rings is 1. The third-order valence-electron chi connectivity index (χ3n) is 4.37. The zero-order valence-corrected chi connectivity index (χ0v) is 12.8. The van der Waals surface area contributed by atoms with E-state index in [0.717, 1.165) is 41.6 Å². The lowest BCUT2D eigenvalue weighted by Crippen LogP contribution is -2.09. The van der Waals surface area contributed by atoms with Crippen molar-refractivity contribution in [2.24, 2.45) is 0 Å². The summed E-state index contributed by atoms with van der Waals surface area (Å²) in [4.78, 5) is 4.73. The molecule has 114 valence electrons. The molecule has 0 fully saturated rings. The lowest BCUT2D eigenvalue weighted by Gasteiger charge is -2.20. The summed E-state index contributed by atoms with van der Waals surface area (Å²) in [5.41, 5.74) is 12.7. The van der Waals surface area contributed by atoms with Crippen LogP contribution in [0, 0.1) is 0 Å². The van der Waals surface area contributed by atoms with E-state index in [1.54, 1.807) is 0 Å². The molecule has 0 unspecified atom stereocenters. The second-order valence-corrected chi connectivity index (χ2v) is 5.96. The monoisotopic (exact) mass is 302 g/mol. The number of hydrogen-bond donors (Lipinski definition) is 2. The molecule has 4 nitrogen and oxygen atoms in total. The standard InChI is InChI=1S/C19H18N4/c1-12-7-9-14-15(11-12)17-18(20)22-23-19(17)21-16(14)10-8-13-5-3-2-4-6-13/h2-6,8,10H,1,7,9,11H2,(H3,20,21,22,23)/b10-8+. The summed E-state index contributed by atoms with van der Waals surface area (Å²) in [5.74, 6) is 0.525. The number of fused-ring (bicyclic) bond motifs is 3. The van der Waals surface area contributed by atoms with Crippen molar-refractivity contribution in [2.45, 2.75) is 19.3 Å². The van der Waals surface area contributed by atoms with Crippen molar-refractivity contribution in [2.75, 3.05) is 5.73 Å². The molecule has 3 N–H and O–H groups in total. The number of anilines is 1. The molecule has 0 aliphatic heterocycles. The van der Waals surface area contributed by atoms with E-state index in [0.29, 0.717) is 5.82 Å². The van der Waals surface area contributed by atoms with Gasteiger partial charge in [0.15, 0.2) is 11.5 Å². The fraction of sp³-hybridized carbons (Fsp3) is 0.158. The second-order valence-electron chi connectivity index (χ2n) is 5.96. The first kappa shape index (κ1) is 13.8. The molecule has 4 rings (SSSR count). The van der Waals surface area contributed by atoms with Crippen LogP contribution >= 0.6 is 0 Å². The number of rotatable bonds is 2. The van der Waals surface area contributed by atoms with E-state index in [1.165, 1.54) is 16.7 Å². The highest BCUT2D eigenvalue weighted by atomic mass is 15.2. The number of aromatic nitrogens is 3. The Balaban J connectivity index is 1.87. The molecule has 2 aromatic heterocycles. The Bertz CT molecular complexity index is 919. The van der Waals surface area contributed by atoms with E-state index in [-0.39, 0.29) is 0 Å². The zero-order chi connectivity index (χ0) is 15.8. The third kappa shape index (κ3) is 2.42. The minimum atomic E-state index is 0.525. The summed E-state index contributed by atoms with van der Waals surface area (Å²) < 4.78 is 0. The summed E-state index contributed by atoms with van der Waals surface area (Å²) in [6.07, 6.45) is 6.99. The van der Waals surface area contributed by atoms with Crippen LogP contribution in [0.15, 0.2) is 42.5 Å². The first-order valence-corrected chi connectivity index (χ1v) is 7.77. The minimum absolute atomic E-state index is 0.525. The van der Waals surface area contributed by atoms with E-state index in [4.69, 9.17) is 10.7 Å². The number of nitrogens with one attached hydrogen (secondary N) is 1. The molecule has 0 saturated carbocycles. The van der Waals surface area contributed by atoms with E-state index in [2.05, 4.69) is 41.1 Å². The van der Waals surface area contributed by atoms with Gasteiger partial charge in [-0.25, -0.2) is 4.98 Å². The topological polar surface area (TPSA) is 67.6 Å². The van der Waals surface area contributed by atoms with Gasteiger partial charge in [-0.3, -0.25) is 5.10 Å². The number of aromatic amines is 1. The van der Waals surface area contributed by atoms with Crippen LogP contribution < -0.4 is 5.73 Å². The first-order chi connectivity index (χ1) is 11.2. The molecule has 0 spiro atoms. The molecule has 0 atom stereocenters. The van der Waals surface area contributed by atoms with Crippen LogP contribution in [0.25, 0.3) is 23.2 Å². The van der Waals surface area contributed by atoms with Gasteiger partial charge in [0.1, 0.15) is 0 Å². The average molecular weight is 302 g/mol. The maximum absolute atomic E-state index is 6.03. The summed E-state index contributed by atoms with van der Waals surface area (Å²) in [7, 11) is 0. The largest absolute Gasteiger partial charge is 0.382 e. The van der Waals surface area contributed by atoms with Gasteiger partial charge in [0, 0.05) is 0 Å². The maximum Gasteiger partial charge on any atom is 0.158 e. The summed E-state index contributed by atoms with van der Waals surface area (Å²) in [5, 5.41) is 8.02. The number of pyridine rings is 1. The Labute approximate surface area is 134 Å². The number of H-pyrrole nitrogens is 1.